The number of amides is 2. The molecular weight excluding hydrogens is 400 g/mol. The van der Waals surface area contributed by atoms with Gasteiger partial charge in [-0.15, -0.1) is 0 Å². The largest absolute Gasteiger partial charge is 0.394 e. The molecule has 1 N–H and O–H groups in total. The first-order valence-corrected chi connectivity index (χ1v) is 11.0. The van der Waals surface area contributed by atoms with Crippen LogP contribution in [0, 0.1) is 0 Å². The van der Waals surface area contributed by atoms with E-state index in [1.165, 1.54) is 0 Å². The molecule has 3 aromatic carbocycles. The van der Waals surface area contributed by atoms with E-state index in [4.69, 9.17) is 0 Å². The number of carbonyl (C=O) groups excluding carboxylic acids is 2. The second kappa shape index (κ2) is 8.60. The molecule has 162 valence electrons. The van der Waals surface area contributed by atoms with Crippen molar-refractivity contribution in [3.8, 4) is 11.1 Å². The minimum absolute atomic E-state index is 0.0149. The number of aliphatic hydroxyl groups excluding tert-OH is 1. The molecule has 3 atom stereocenters. The molecule has 2 saturated heterocycles. The quantitative estimate of drug-likeness (QED) is 0.682. The maximum absolute atomic E-state index is 12.9. The number of rotatable bonds is 5. The Morgan fingerprint density at radius 1 is 0.875 bits per heavy atom. The lowest BCUT2D eigenvalue weighted by atomic mass is 9.73. The molecule has 2 heterocycles. The van der Waals surface area contributed by atoms with Crippen LogP contribution in [0.1, 0.15) is 17.0 Å². The zero-order valence-electron chi connectivity index (χ0n) is 17.8. The van der Waals surface area contributed by atoms with E-state index in [0.717, 1.165) is 22.3 Å². The third kappa shape index (κ3) is 3.69. The summed E-state index contributed by atoms with van der Waals surface area (Å²) in [6, 6.07) is 27.8. The van der Waals surface area contributed by atoms with Gasteiger partial charge < -0.3 is 14.9 Å². The minimum Gasteiger partial charge on any atom is -0.394 e. The first kappa shape index (κ1) is 20.5. The number of fused-ring (bicyclic) bond motifs is 1. The molecule has 2 amide bonds. The molecule has 5 heteroatoms. The molecule has 2 fully saturated rings. The summed E-state index contributed by atoms with van der Waals surface area (Å²) in [5, 5.41) is 10.0. The summed E-state index contributed by atoms with van der Waals surface area (Å²) >= 11 is 0. The lowest BCUT2D eigenvalue weighted by molar-refractivity contribution is -0.166. The normalized spacial score (nSPS) is 22.3. The van der Waals surface area contributed by atoms with Gasteiger partial charge >= 0.3 is 0 Å². The van der Waals surface area contributed by atoms with Crippen LogP contribution in [0.5, 0.6) is 0 Å². The Kier molecular flexibility index (Phi) is 5.50. The van der Waals surface area contributed by atoms with Gasteiger partial charge in [-0.25, -0.2) is 0 Å². The Labute approximate surface area is 187 Å². The van der Waals surface area contributed by atoms with Crippen LogP contribution >= 0.6 is 0 Å². The maximum atomic E-state index is 12.9. The predicted molar refractivity (Wildman–Crippen MR) is 123 cm³/mol. The summed E-state index contributed by atoms with van der Waals surface area (Å²) in [4.78, 5) is 29.2. The standard InChI is InChI=1S/C27H26N2O3/c30-18-24-27(22-13-11-21(12-14-22)20-9-5-2-6-10-20)23-16-28(17-26(32)29(23)24)25(31)15-19-7-3-1-4-8-19/h1-14,23-24,27,30H,15-18H2/t23-,24+,27-/m0/s1. The van der Waals surface area contributed by atoms with Gasteiger partial charge in [-0.05, 0) is 22.3 Å². The molecule has 0 bridgehead atoms. The van der Waals surface area contributed by atoms with E-state index in [-0.39, 0.29) is 43.0 Å². The monoisotopic (exact) mass is 426 g/mol. The van der Waals surface area contributed by atoms with Crippen LogP contribution in [-0.4, -0.2) is 58.5 Å². The average Bonchev–Trinajstić information content (AvgIpc) is 2.82. The highest BCUT2D eigenvalue weighted by molar-refractivity contribution is 5.88. The highest BCUT2D eigenvalue weighted by Crippen LogP contribution is 2.43. The molecule has 3 aromatic rings. The van der Waals surface area contributed by atoms with Crippen LogP contribution < -0.4 is 0 Å². The van der Waals surface area contributed by atoms with Crippen LogP contribution in [0.4, 0.5) is 0 Å². The highest BCUT2D eigenvalue weighted by atomic mass is 16.3. The number of benzene rings is 3. The van der Waals surface area contributed by atoms with Crippen molar-refractivity contribution in [3.63, 3.8) is 0 Å². The van der Waals surface area contributed by atoms with Gasteiger partial charge in [-0.2, -0.15) is 0 Å². The van der Waals surface area contributed by atoms with Crippen molar-refractivity contribution < 1.29 is 14.7 Å². The molecule has 0 aliphatic carbocycles. The van der Waals surface area contributed by atoms with Gasteiger partial charge in [0.25, 0.3) is 0 Å². The number of carbonyl (C=O) groups is 2. The second-order valence-electron chi connectivity index (χ2n) is 8.57. The third-order valence-corrected chi connectivity index (χ3v) is 6.71. The summed E-state index contributed by atoms with van der Waals surface area (Å²) in [5.74, 6) is -0.102. The molecule has 0 radical (unpaired) electrons. The molecule has 5 nitrogen and oxygen atoms in total. The van der Waals surface area contributed by atoms with E-state index in [1.54, 1.807) is 9.80 Å². The molecule has 2 aliphatic rings. The SMILES string of the molecule is O=C(Cc1ccccc1)N1CC(=O)N2[C@H](CO)[C@@H](c3ccc(-c4ccccc4)cc3)[C@@H]2C1. The average molecular weight is 427 g/mol. The fraction of sp³-hybridized carbons (Fsp3) is 0.259. The summed E-state index contributed by atoms with van der Waals surface area (Å²) < 4.78 is 0. The molecular formula is C27H26N2O3. The van der Waals surface area contributed by atoms with Crippen LogP contribution in [0.3, 0.4) is 0 Å². The van der Waals surface area contributed by atoms with Crippen LogP contribution in [0.15, 0.2) is 84.9 Å². The van der Waals surface area contributed by atoms with Crippen LogP contribution in [-0.2, 0) is 16.0 Å². The Balaban J connectivity index is 1.34. The first-order chi connectivity index (χ1) is 15.7. The van der Waals surface area contributed by atoms with E-state index in [9.17, 15) is 14.7 Å². The molecule has 2 aliphatic heterocycles. The fourth-order valence-corrected chi connectivity index (χ4v) is 5.10. The Morgan fingerprint density at radius 2 is 1.50 bits per heavy atom. The van der Waals surface area contributed by atoms with E-state index < -0.39 is 0 Å². The number of hydrogen-bond donors (Lipinski definition) is 1. The topological polar surface area (TPSA) is 60.9 Å². The molecule has 0 spiro atoms. The molecule has 0 unspecified atom stereocenters. The van der Waals surface area contributed by atoms with Gasteiger partial charge in [0.2, 0.25) is 11.8 Å². The van der Waals surface area contributed by atoms with Gasteiger partial charge in [0.15, 0.2) is 0 Å². The Morgan fingerprint density at radius 3 is 2.16 bits per heavy atom. The number of nitrogens with zero attached hydrogens (tertiary/aromatic N) is 2. The third-order valence-electron chi connectivity index (χ3n) is 6.71. The van der Waals surface area contributed by atoms with E-state index in [1.807, 2.05) is 48.5 Å². The van der Waals surface area contributed by atoms with E-state index in [2.05, 4.69) is 36.4 Å². The van der Waals surface area contributed by atoms with Gasteiger partial charge in [-0.1, -0.05) is 84.9 Å². The van der Waals surface area contributed by atoms with Crippen LogP contribution in [0.2, 0.25) is 0 Å². The minimum atomic E-state index is -0.235. The number of hydrogen-bond acceptors (Lipinski definition) is 3. The van der Waals surface area contributed by atoms with Crippen molar-refractivity contribution in [1.82, 2.24) is 9.80 Å². The first-order valence-electron chi connectivity index (χ1n) is 11.0. The predicted octanol–water partition coefficient (Wildman–Crippen LogP) is 3.09. The van der Waals surface area contributed by atoms with Gasteiger partial charge in [0.1, 0.15) is 0 Å². The lowest BCUT2D eigenvalue weighted by Crippen LogP contribution is -2.73. The fourth-order valence-electron chi connectivity index (χ4n) is 5.10. The number of aliphatic hydroxyl groups is 1. The van der Waals surface area contributed by atoms with Crippen molar-refractivity contribution in [2.75, 3.05) is 19.7 Å². The van der Waals surface area contributed by atoms with Crippen molar-refractivity contribution in [1.29, 1.82) is 0 Å². The smallest absolute Gasteiger partial charge is 0.242 e. The van der Waals surface area contributed by atoms with Crippen LogP contribution in [0.25, 0.3) is 11.1 Å². The van der Waals surface area contributed by atoms with Gasteiger partial charge in [0.05, 0.1) is 31.7 Å². The van der Waals surface area contributed by atoms with Gasteiger partial charge in [-0.3, -0.25) is 9.59 Å². The molecule has 32 heavy (non-hydrogen) atoms. The number of piperazine rings is 1. The zero-order chi connectivity index (χ0) is 22.1. The van der Waals surface area contributed by atoms with Gasteiger partial charge in [0, 0.05) is 12.5 Å². The Hall–Kier alpha value is -3.44. The maximum Gasteiger partial charge on any atom is 0.242 e. The summed E-state index contributed by atoms with van der Waals surface area (Å²) in [6.07, 6.45) is 0.292. The highest BCUT2D eigenvalue weighted by Gasteiger charge is 2.54. The van der Waals surface area contributed by atoms with Crippen molar-refractivity contribution in [2.24, 2.45) is 0 Å². The zero-order valence-corrected chi connectivity index (χ0v) is 17.8. The lowest BCUT2D eigenvalue weighted by Gasteiger charge is -2.58. The van der Waals surface area contributed by atoms with Crippen molar-refractivity contribution in [2.45, 2.75) is 24.4 Å². The summed E-state index contributed by atoms with van der Waals surface area (Å²) in [6.45, 7) is 0.503. The molecule has 0 aromatic heterocycles. The van der Waals surface area contributed by atoms with Crippen molar-refractivity contribution in [3.05, 3.63) is 96.1 Å². The summed E-state index contributed by atoms with van der Waals surface area (Å²) in [7, 11) is 0. The second-order valence-corrected chi connectivity index (χ2v) is 8.57. The van der Waals surface area contributed by atoms with Crippen molar-refractivity contribution >= 4 is 11.8 Å². The molecule has 0 saturated carbocycles. The van der Waals surface area contributed by atoms with E-state index in [0.29, 0.717) is 13.0 Å². The Bertz CT molecular complexity index is 1100. The summed E-state index contributed by atoms with van der Waals surface area (Å²) in [5.41, 5.74) is 4.32. The molecule has 5 rings (SSSR count). The van der Waals surface area contributed by atoms with E-state index >= 15 is 0 Å².